The van der Waals surface area contributed by atoms with Gasteiger partial charge in [0.05, 0.1) is 0 Å². The zero-order valence-electron chi connectivity index (χ0n) is 12.9. The van der Waals surface area contributed by atoms with Crippen molar-refractivity contribution < 1.29 is 9.26 Å². The summed E-state index contributed by atoms with van der Waals surface area (Å²) in [5.41, 5.74) is 5.39. The molecule has 1 saturated carbocycles. The Bertz CT molecular complexity index is 407. The van der Waals surface area contributed by atoms with Crippen LogP contribution in [0, 0.1) is 11.8 Å². The molecular weight excluding hydrogens is 254 g/mol. The van der Waals surface area contributed by atoms with Crippen molar-refractivity contribution in [3.8, 4) is 0 Å². The quantitative estimate of drug-likeness (QED) is 0.793. The van der Waals surface area contributed by atoms with E-state index in [0.29, 0.717) is 11.8 Å². The molecule has 5 heteroatoms. The lowest BCUT2D eigenvalue weighted by Crippen LogP contribution is -2.37. The van der Waals surface area contributed by atoms with Crippen molar-refractivity contribution >= 4 is 0 Å². The molecular formula is C15H27N3O2. The fourth-order valence-electron chi connectivity index (χ4n) is 2.89. The summed E-state index contributed by atoms with van der Waals surface area (Å²) in [5.74, 6) is 2.71. The van der Waals surface area contributed by atoms with Crippen LogP contribution >= 0.6 is 0 Å². The first-order valence-electron chi connectivity index (χ1n) is 7.69. The maximum absolute atomic E-state index is 5.67. The third kappa shape index (κ3) is 3.20. The van der Waals surface area contributed by atoms with E-state index in [1.807, 2.05) is 0 Å². The number of aromatic nitrogens is 2. The molecule has 1 unspecified atom stereocenters. The van der Waals surface area contributed by atoms with Crippen LogP contribution in [0.25, 0.3) is 0 Å². The number of nitrogens with two attached hydrogens (primary N) is 1. The fraction of sp³-hybridized carbons (Fsp3) is 0.867. The van der Waals surface area contributed by atoms with Gasteiger partial charge in [0, 0.05) is 13.5 Å². The van der Waals surface area contributed by atoms with Gasteiger partial charge in [-0.15, -0.1) is 0 Å². The number of methoxy groups -OCH3 is 1. The Hall–Kier alpha value is -0.940. The van der Waals surface area contributed by atoms with E-state index in [-0.39, 0.29) is 5.60 Å². The van der Waals surface area contributed by atoms with Crippen LogP contribution in [-0.4, -0.2) is 23.8 Å². The average molecular weight is 281 g/mol. The summed E-state index contributed by atoms with van der Waals surface area (Å²) < 4.78 is 11.0. The Kier molecular flexibility index (Phi) is 5.16. The molecule has 2 rings (SSSR count). The van der Waals surface area contributed by atoms with Gasteiger partial charge in [-0.3, -0.25) is 0 Å². The van der Waals surface area contributed by atoms with Crippen molar-refractivity contribution in [1.82, 2.24) is 10.1 Å². The summed E-state index contributed by atoms with van der Waals surface area (Å²) in [6, 6.07) is 0. The highest BCUT2D eigenvalue weighted by atomic mass is 16.5. The minimum absolute atomic E-state index is 0.281. The Morgan fingerprint density at radius 1 is 1.35 bits per heavy atom. The smallest absolute Gasteiger partial charge is 0.226 e. The number of rotatable bonds is 8. The van der Waals surface area contributed by atoms with E-state index in [9.17, 15) is 0 Å². The third-order valence-electron chi connectivity index (χ3n) is 4.64. The van der Waals surface area contributed by atoms with Gasteiger partial charge in [-0.2, -0.15) is 4.98 Å². The lowest BCUT2D eigenvalue weighted by atomic mass is 9.79. The first-order chi connectivity index (χ1) is 9.61. The van der Waals surface area contributed by atoms with Crippen LogP contribution in [0.1, 0.15) is 57.7 Å². The second-order valence-corrected chi connectivity index (χ2v) is 6.18. The zero-order valence-corrected chi connectivity index (χ0v) is 12.9. The molecule has 114 valence electrons. The maximum atomic E-state index is 5.67. The van der Waals surface area contributed by atoms with E-state index in [1.165, 1.54) is 6.42 Å². The van der Waals surface area contributed by atoms with Gasteiger partial charge >= 0.3 is 0 Å². The van der Waals surface area contributed by atoms with Gasteiger partial charge < -0.3 is 15.0 Å². The van der Waals surface area contributed by atoms with E-state index < -0.39 is 0 Å². The Morgan fingerprint density at radius 2 is 2.10 bits per heavy atom. The molecule has 5 nitrogen and oxygen atoms in total. The molecule has 0 aliphatic heterocycles. The predicted octanol–water partition coefficient (Wildman–Crippen LogP) is 2.65. The summed E-state index contributed by atoms with van der Waals surface area (Å²) >= 11 is 0. The highest BCUT2D eigenvalue weighted by Gasteiger charge is 2.43. The monoisotopic (exact) mass is 281 g/mol. The number of aryl methyl sites for hydroxylation is 1. The molecule has 1 aromatic rings. The molecule has 0 radical (unpaired) electrons. The molecule has 0 aromatic carbocycles. The molecule has 0 spiro atoms. The fourth-order valence-corrected chi connectivity index (χ4v) is 2.89. The number of nitrogens with zero attached hydrogens (tertiary/aromatic N) is 2. The van der Waals surface area contributed by atoms with Crippen LogP contribution < -0.4 is 5.73 Å². The van der Waals surface area contributed by atoms with Gasteiger partial charge in [-0.05, 0) is 50.5 Å². The van der Waals surface area contributed by atoms with Crippen LogP contribution in [0.2, 0.25) is 0 Å². The van der Waals surface area contributed by atoms with Crippen LogP contribution in [0.5, 0.6) is 0 Å². The maximum Gasteiger partial charge on any atom is 0.226 e. The van der Waals surface area contributed by atoms with Gasteiger partial charge in [0.1, 0.15) is 5.60 Å². The summed E-state index contributed by atoms with van der Waals surface area (Å²) in [6.07, 6.45) is 6.09. The minimum Gasteiger partial charge on any atom is -0.370 e. The summed E-state index contributed by atoms with van der Waals surface area (Å²) in [7, 11) is 1.73. The molecule has 1 aliphatic carbocycles. The van der Waals surface area contributed by atoms with Gasteiger partial charge in [-0.1, -0.05) is 19.0 Å². The molecule has 0 saturated heterocycles. The molecule has 1 fully saturated rings. The Labute approximate surface area is 121 Å². The molecule has 1 atom stereocenters. The highest BCUT2D eigenvalue weighted by molar-refractivity contribution is 5.06. The second kappa shape index (κ2) is 6.68. The molecule has 20 heavy (non-hydrogen) atoms. The SMILES string of the molecule is COC1(c2noc(CCC(CCN)C(C)C)n2)CCC1. The lowest BCUT2D eigenvalue weighted by Gasteiger charge is -2.37. The van der Waals surface area contributed by atoms with Crippen molar-refractivity contribution in [3.63, 3.8) is 0 Å². The van der Waals surface area contributed by atoms with Gasteiger partial charge in [-0.25, -0.2) is 0 Å². The molecule has 0 bridgehead atoms. The normalized spacial score (nSPS) is 19.1. The van der Waals surface area contributed by atoms with Crippen molar-refractivity contribution in [1.29, 1.82) is 0 Å². The van der Waals surface area contributed by atoms with Crippen LogP contribution in [0.15, 0.2) is 4.52 Å². The first-order valence-corrected chi connectivity index (χ1v) is 7.69. The summed E-state index contributed by atoms with van der Waals surface area (Å²) in [5, 5.41) is 4.11. The van der Waals surface area contributed by atoms with E-state index >= 15 is 0 Å². The lowest BCUT2D eigenvalue weighted by molar-refractivity contribution is -0.0858. The highest BCUT2D eigenvalue weighted by Crippen LogP contribution is 2.42. The van der Waals surface area contributed by atoms with Crippen LogP contribution in [0.4, 0.5) is 0 Å². The topological polar surface area (TPSA) is 74.2 Å². The zero-order chi connectivity index (χ0) is 14.6. The van der Waals surface area contributed by atoms with Crippen LogP contribution in [-0.2, 0) is 16.8 Å². The number of hydrogen-bond donors (Lipinski definition) is 1. The first kappa shape index (κ1) is 15.4. The second-order valence-electron chi connectivity index (χ2n) is 6.18. The number of hydrogen-bond acceptors (Lipinski definition) is 5. The third-order valence-corrected chi connectivity index (χ3v) is 4.64. The van der Waals surface area contributed by atoms with Gasteiger partial charge in [0.25, 0.3) is 0 Å². The molecule has 2 N–H and O–H groups in total. The molecule has 1 heterocycles. The summed E-state index contributed by atoms with van der Waals surface area (Å²) in [6.45, 7) is 5.23. The van der Waals surface area contributed by atoms with E-state index in [0.717, 1.165) is 50.4 Å². The Morgan fingerprint density at radius 3 is 2.60 bits per heavy atom. The predicted molar refractivity (Wildman–Crippen MR) is 77.2 cm³/mol. The van der Waals surface area contributed by atoms with E-state index in [4.69, 9.17) is 15.0 Å². The number of ether oxygens (including phenoxy) is 1. The average Bonchev–Trinajstić information content (AvgIpc) is 2.82. The van der Waals surface area contributed by atoms with Gasteiger partial charge in [0.2, 0.25) is 11.7 Å². The van der Waals surface area contributed by atoms with Gasteiger partial charge in [0.15, 0.2) is 0 Å². The minimum atomic E-state index is -0.281. The van der Waals surface area contributed by atoms with E-state index in [1.54, 1.807) is 7.11 Å². The molecule has 0 amide bonds. The molecule has 1 aliphatic rings. The van der Waals surface area contributed by atoms with Crippen molar-refractivity contribution in [3.05, 3.63) is 11.7 Å². The summed E-state index contributed by atoms with van der Waals surface area (Å²) in [4.78, 5) is 4.53. The van der Waals surface area contributed by atoms with Crippen molar-refractivity contribution in [2.24, 2.45) is 17.6 Å². The largest absolute Gasteiger partial charge is 0.370 e. The van der Waals surface area contributed by atoms with Crippen molar-refractivity contribution in [2.75, 3.05) is 13.7 Å². The van der Waals surface area contributed by atoms with E-state index in [2.05, 4.69) is 24.0 Å². The van der Waals surface area contributed by atoms with Crippen LogP contribution in [0.3, 0.4) is 0 Å². The molecule has 1 aromatic heterocycles. The standard InChI is InChI=1S/C15H27N3O2/c1-11(2)12(7-10-16)5-6-13-17-14(18-20-13)15(19-3)8-4-9-15/h11-12H,4-10,16H2,1-3H3. The van der Waals surface area contributed by atoms with Crippen molar-refractivity contribution in [2.45, 2.75) is 58.0 Å². The Balaban J connectivity index is 1.92.